The molecule has 0 bridgehead atoms. The summed E-state index contributed by atoms with van der Waals surface area (Å²) >= 11 is 0. The second kappa shape index (κ2) is 6.83. The van der Waals surface area contributed by atoms with Gasteiger partial charge in [0.1, 0.15) is 11.6 Å². The molecule has 0 aliphatic rings. The molecule has 2 aromatic rings. The fraction of sp³-hybridized carbons (Fsp3) is 0.188. The fourth-order valence-electron chi connectivity index (χ4n) is 2.07. The summed E-state index contributed by atoms with van der Waals surface area (Å²) in [4.78, 5) is 1.81. The highest BCUT2D eigenvalue weighted by Crippen LogP contribution is 2.20. The van der Waals surface area contributed by atoms with E-state index in [9.17, 15) is 8.78 Å². The van der Waals surface area contributed by atoms with Crippen molar-refractivity contribution in [3.8, 4) is 0 Å². The maximum atomic E-state index is 13.8. The van der Waals surface area contributed by atoms with Crippen LogP contribution in [0.2, 0.25) is 0 Å². The normalized spacial score (nSPS) is 10.4. The topological polar surface area (TPSA) is 53.1 Å². The van der Waals surface area contributed by atoms with E-state index in [0.717, 1.165) is 5.69 Å². The third-order valence-corrected chi connectivity index (χ3v) is 3.18. The number of halogens is 2. The van der Waals surface area contributed by atoms with E-state index >= 15 is 0 Å². The van der Waals surface area contributed by atoms with E-state index in [1.807, 2.05) is 35.2 Å². The lowest BCUT2D eigenvalue weighted by atomic mass is 10.1. The molecule has 0 aliphatic carbocycles. The molecule has 0 heterocycles. The Kier molecular flexibility index (Phi) is 4.87. The Morgan fingerprint density at radius 2 is 1.62 bits per heavy atom. The highest BCUT2D eigenvalue weighted by atomic mass is 19.1. The first-order chi connectivity index (χ1) is 10.1. The summed E-state index contributed by atoms with van der Waals surface area (Å²) in [6, 6.07) is 13.1. The van der Waals surface area contributed by atoms with Crippen LogP contribution in [0.4, 0.5) is 14.5 Å². The molecule has 0 unspecified atom stereocenters. The highest BCUT2D eigenvalue weighted by Gasteiger charge is 2.14. The Hall–Kier alpha value is -2.43. The highest BCUT2D eigenvalue weighted by molar-refractivity contribution is 5.77. The molecule has 0 spiro atoms. The minimum absolute atomic E-state index is 0.0184. The van der Waals surface area contributed by atoms with Crippen molar-refractivity contribution >= 4 is 11.5 Å². The first-order valence-electron chi connectivity index (χ1n) is 6.63. The van der Waals surface area contributed by atoms with E-state index in [4.69, 9.17) is 11.1 Å². The molecule has 0 aliphatic heterocycles. The van der Waals surface area contributed by atoms with Crippen LogP contribution < -0.4 is 10.6 Å². The Labute approximate surface area is 122 Å². The van der Waals surface area contributed by atoms with Crippen LogP contribution in [0.5, 0.6) is 0 Å². The minimum atomic E-state index is -0.571. The van der Waals surface area contributed by atoms with Crippen LogP contribution in [0.25, 0.3) is 0 Å². The zero-order valence-electron chi connectivity index (χ0n) is 11.5. The van der Waals surface area contributed by atoms with Gasteiger partial charge in [-0.3, -0.25) is 5.41 Å². The number of benzene rings is 2. The van der Waals surface area contributed by atoms with Crippen molar-refractivity contribution in [2.24, 2.45) is 5.73 Å². The molecule has 0 saturated carbocycles. The lowest BCUT2D eigenvalue weighted by Gasteiger charge is -2.25. The number of nitrogens with two attached hydrogens (primary N) is 1. The Morgan fingerprint density at radius 1 is 1.00 bits per heavy atom. The van der Waals surface area contributed by atoms with Crippen molar-refractivity contribution in [3.63, 3.8) is 0 Å². The van der Waals surface area contributed by atoms with Gasteiger partial charge in [0.05, 0.1) is 5.84 Å². The van der Waals surface area contributed by atoms with Gasteiger partial charge >= 0.3 is 0 Å². The average molecular weight is 289 g/mol. The van der Waals surface area contributed by atoms with Crippen molar-refractivity contribution in [1.29, 1.82) is 5.41 Å². The summed E-state index contributed by atoms with van der Waals surface area (Å²) in [6.45, 7) is 0.517. The van der Waals surface area contributed by atoms with Crippen LogP contribution in [0.3, 0.4) is 0 Å². The van der Waals surface area contributed by atoms with Gasteiger partial charge in [-0.25, -0.2) is 8.78 Å². The van der Waals surface area contributed by atoms with Crippen LogP contribution in [-0.2, 0) is 6.54 Å². The van der Waals surface area contributed by atoms with E-state index in [0.29, 0.717) is 13.0 Å². The van der Waals surface area contributed by atoms with Gasteiger partial charge in [0.15, 0.2) is 0 Å². The number of hydrogen-bond donors (Lipinski definition) is 2. The van der Waals surface area contributed by atoms with Gasteiger partial charge in [-0.15, -0.1) is 0 Å². The third kappa shape index (κ3) is 4.02. The monoisotopic (exact) mass is 289 g/mol. The van der Waals surface area contributed by atoms with E-state index in [1.54, 1.807) is 0 Å². The molecule has 0 radical (unpaired) electrons. The molecule has 5 heteroatoms. The predicted octanol–water partition coefficient (Wildman–Crippen LogP) is 3.30. The molecule has 2 aromatic carbocycles. The number of hydrogen-bond acceptors (Lipinski definition) is 2. The van der Waals surface area contributed by atoms with E-state index in [2.05, 4.69) is 0 Å². The molecule has 0 fully saturated rings. The zero-order chi connectivity index (χ0) is 15.2. The van der Waals surface area contributed by atoms with Crippen LogP contribution in [0.1, 0.15) is 12.0 Å². The molecule has 3 nitrogen and oxygen atoms in total. The Morgan fingerprint density at radius 3 is 2.19 bits per heavy atom. The number of para-hydroxylation sites is 1. The van der Waals surface area contributed by atoms with Crippen LogP contribution >= 0.6 is 0 Å². The quantitative estimate of drug-likeness (QED) is 0.633. The number of anilines is 1. The van der Waals surface area contributed by atoms with Gasteiger partial charge in [-0.2, -0.15) is 0 Å². The van der Waals surface area contributed by atoms with Gasteiger partial charge in [0.25, 0.3) is 0 Å². The summed E-state index contributed by atoms with van der Waals surface area (Å²) in [5, 5.41) is 7.32. The first kappa shape index (κ1) is 15.0. The van der Waals surface area contributed by atoms with E-state index < -0.39 is 11.6 Å². The minimum Gasteiger partial charge on any atom is -0.388 e. The maximum Gasteiger partial charge on any atom is 0.131 e. The summed E-state index contributed by atoms with van der Waals surface area (Å²) in [7, 11) is 0. The van der Waals surface area contributed by atoms with Crippen molar-refractivity contribution in [2.45, 2.75) is 13.0 Å². The van der Waals surface area contributed by atoms with E-state index in [1.165, 1.54) is 18.2 Å². The first-order valence-corrected chi connectivity index (χ1v) is 6.63. The molecule has 3 N–H and O–H groups in total. The largest absolute Gasteiger partial charge is 0.388 e. The zero-order valence-corrected chi connectivity index (χ0v) is 11.5. The van der Waals surface area contributed by atoms with Gasteiger partial charge < -0.3 is 10.6 Å². The third-order valence-electron chi connectivity index (χ3n) is 3.18. The summed E-state index contributed by atoms with van der Waals surface area (Å²) in [5.41, 5.74) is 6.23. The molecule has 21 heavy (non-hydrogen) atoms. The maximum absolute atomic E-state index is 13.8. The lowest BCUT2D eigenvalue weighted by molar-refractivity contribution is 0.550. The molecule has 2 rings (SSSR count). The molecular weight excluding hydrogens is 272 g/mol. The van der Waals surface area contributed by atoms with Crippen molar-refractivity contribution in [1.82, 2.24) is 0 Å². The smallest absolute Gasteiger partial charge is 0.131 e. The van der Waals surface area contributed by atoms with Crippen molar-refractivity contribution in [2.75, 3.05) is 11.4 Å². The molecule has 0 atom stereocenters. The van der Waals surface area contributed by atoms with Gasteiger partial charge in [0, 0.05) is 30.8 Å². The second-order valence-corrected chi connectivity index (χ2v) is 4.73. The summed E-state index contributed by atoms with van der Waals surface area (Å²) in [6.07, 6.45) is 0.338. The molecular formula is C16H17F2N3. The number of nitrogens with one attached hydrogen (secondary N) is 1. The van der Waals surface area contributed by atoms with Crippen molar-refractivity contribution in [3.05, 3.63) is 65.7 Å². The number of amidine groups is 1. The van der Waals surface area contributed by atoms with Crippen LogP contribution in [-0.4, -0.2) is 12.4 Å². The molecule has 0 saturated heterocycles. The van der Waals surface area contributed by atoms with Crippen molar-refractivity contribution < 1.29 is 8.78 Å². The summed E-state index contributed by atoms with van der Waals surface area (Å²) < 4.78 is 27.6. The average Bonchev–Trinajstić information content (AvgIpc) is 2.47. The summed E-state index contributed by atoms with van der Waals surface area (Å²) in [5.74, 6) is -1.09. The fourth-order valence-corrected chi connectivity index (χ4v) is 2.07. The van der Waals surface area contributed by atoms with Crippen LogP contribution in [0.15, 0.2) is 48.5 Å². The molecule has 0 amide bonds. The standard InChI is InChI=1S/C16H17F2N3/c17-14-7-4-8-15(18)13(14)11-21(10-9-16(19)20)12-5-2-1-3-6-12/h1-8H,9-11H2,(H3,19,20). The Balaban J connectivity index is 2.25. The van der Waals surface area contributed by atoms with E-state index in [-0.39, 0.29) is 17.9 Å². The van der Waals surface area contributed by atoms with Gasteiger partial charge in [-0.05, 0) is 24.3 Å². The molecule has 110 valence electrons. The SMILES string of the molecule is N=C(N)CCN(Cc1c(F)cccc1F)c1ccccc1. The second-order valence-electron chi connectivity index (χ2n) is 4.73. The Bertz CT molecular complexity index is 594. The van der Waals surface area contributed by atoms with Gasteiger partial charge in [0.2, 0.25) is 0 Å². The predicted molar refractivity (Wildman–Crippen MR) is 80.4 cm³/mol. The number of rotatable bonds is 6. The van der Waals surface area contributed by atoms with Gasteiger partial charge in [-0.1, -0.05) is 24.3 Å². The molecule has 0 aromatic heterocycles. The van der Waals surface area contributed by atoms with Crippen LogP contribution in [0, 0.1) is 17.0 Å². The lowest BCUT2D eigenvalue weighted by Crippen LogP contribution is -2.28. The number of nitrogens with zero attached hydrogens (tertiary/aromatic N) is 1.